The summed E-state index contributed by atoms with van der Waals surface area (Å²) in [5, 5.41) is 35.0. The van der Waals surface area contributed by atoms with E-state index in [4.69, 9.17) is 0 Å². The van der Waals surface area contributed by atoms with Gasteiger partial charge in [0.15, 0.2) is 5.17 Å². The summed E-state index contributed by atoms with van der Waals surface area (Å²) < 4.78 is 0. The third-order valence-electron chi connectivity index (χ3n) is 6.80. The third-order valence-corrected chi connectivity index (χ3v) is 9.00. The summed E-state index contributed by atoms with van der Waals surface area (Å²) in [5.74, 6) is 1.30. The Labute approximate surface area is 242 Å². The van der Waals surface area contributed by atoms with Crippen LogP contribution in [0.4, 0.5) is 5.13 Å². The zero-order chi connectivity index (χ0) is 28.3. The monoisotopic (exact) mass is 581 g/mol. The van der Waals surface area contributed by atoms with Crippen molar-refractivity contribution in [2.24, 2.45) is 10.9 Å². The van der Waals surface area contributed by atoms with Gasteiger partial charge in [0, 0.05) is 18.7 Å². The molecule has 0 spiro atoms. The Morgan fingerprint density at radius 3 is 2.27 bits per heavy atom. The number of aromatic nitrogens is 2. The number of anilines is 1. The average molecular weight is 582 g/mol. The Bertz CT molecular complexity index is 1330. The lowest BCUT2D eigenvalue weighted by Gasteiger charge is -2.27. The fourth-order valence-corrected chi connectivity index (χ4v) is 6.76. The number of amidine groups is 1. The topological polar surface area (TPSA) is 137 Å². The molecule has 0 aliphatic heterocycles. The first-order valence-electron chi connectivity index (χ1n) is 13.4. The second-order valence-electron chi connectivity index (χ2n) is 9.92. The van der Waals surface area contributed by atoms with Crippen LogP contribution in [0, 0.1) is 5.92 Å². The first-order chi connectivity index (χ1) is 19.4. The minimum Gasteiger partial charge on any atom is -0.392 e. The highest BCUT2D eigenvalue weighted by atomic mass is 32.2. The number of carbonyl (C=O) groups is 2. The number of rotatable bonds is 10. The number of carbonyl (C=O) groups excluding carboxylic acids is 2. The zero-order valence-corrected chi connectivity index (χ0v) is 24.1. The second kappa shape index (κ2) is 15.0. The maximum atomic E-state index is 12.6. The van der Waals surface area contributed by atoms with Crippen LogP contribution in [-0.2, 0) is 35.6 Å². The molecule has 0 bridgehead atoms. The molecule has 1 saturated carbocycles. The van der Waals surface area contributed by atoms with Crippen LogP contribution in [0.2, 0.25) is 0 Å². The van der Waals surface area contributed by atoms with Gasteiger partial charge in [-0.3, -0.25) is 14.6 Å². The summed E-state index contributed by atoms with van der Waals surface area (Å²) in [4.78, 5) is 29.3. The van der Waals surface area contributed by atoms with Crippen LogP contribution in [-0.4, -0.2) is 50.2 Å². The minimum absolute atomic E-state index is 0.0521. The Hall–Kier alpha value is -3.12. The van der Waals surface area contributed by atoms with E-state index in [1.165, 1.54) is 11.3 Å². The van der Waals surface area contributed by atoms with E-state index in [0.29, 0.717) is 22.1 Å². The van der Waals surface area contributed by atoms with Gasteiger partial charge in [-0.1, -0.05) is 78.1 Å². The largest absolute Gasteiger partial charge is 0.392 e. The Kier molecular flexibility index (Phi) is 11.2. The van der Waals surface area contributed by atoms with Crippen LogP contribution in [0.15, 0.2) is 53.5 Å². The fourth-order valence-electron chi connectivity index (χ4n) is 4.84. The second-order valence-corrected chi connectivity index (χ2v) is 11.9. The predicted octanol–water partition coefficient (Wildman–Crippen LogP) is 4.06. The molecule has 9 nitrogen and oxygen atoms in total. The van der Waals surface area contributed by atoms with Gasteiger partial charge >= 0.3 is 0 Å². The zero-order valence-electron chi connectivity index (χ0n) is 22.5. The van der Waals surface area contributed by atoms with Crippen molar-refractivity contribution in [2.45, 2.75) is 57.7 Å². The van der Waals surface area contributed by atoms with Crippen molar-refractivity contribution in [2.75, 3.05) is 18.1 Å². The number of nitrogens with zero attached hydrogens (tertiary/aromatic N) is 3. The number of benzene rings is 2. The summed E-state index contributed by atoms with van der Waals surface area (Å²) in [7, 11) is 1.68. The molecular weight excluding hydrogens is 546 g/mol. The molecule has 1 heterocycles. The van der Waals surface area contributed by atoms with E-state index in [-0.39, 0.29) is 37.9 Å². The van der Waals surface area contributed by atoms with E-state index in [2.05, 4.69) is 25.8 Å². The number of aliphatic hydroxyl groups excluding tert-OH is 2. The molecule has 2 aromatic carbocycles. The smallest absolute Gasteiger partial charge is 0.230 e. The van der Waals surface area contributed by atoms with Crippen LogP contribution in [0.1, 0.15) is 58.9 Å². The number of hydrogen-bond donors (Lipinski definition) is 4. The maximum absolute atomic E-state index is 12.6. The van der Waals surface area contributed by atoms with Crippen molar-refractivity contribution in [3.8, 4) is 0 Å². The number of thioether (sulfide) groups is 1. The van der Waals surface area contributed by atoms with Crippen molar-refractivity contribution in [3.05, 3.63) is 75.8 Å². The Balaban J connectivity index is 1.24. The summed E-state index contributed by atoms with van der Waals surface area (Å²) in [6, 6.07) is 14.7. The summed E-state index contributed by atoms with van der Waals surface area (Å²) >= 11 is 2.99. The van der Waals surface area contributed by atoms with Crippen LogP contribution in [0.3, 0.4) is 0 Å². The molecule has 4 N–H and O–H groups in total. The number of nitrogens with one attached hydrogen (secondary N) is 2. The summed E-state index contributed by atoms with van der Waals surface area (Å²) in [6.45, 7) is -0.109. The molecule has 2 atom stereocenters. The molecular formula is C29H35N5O4S2. The third kappa shape index (κ3) is 8.95. The lowest BCUT2D eigenvalue weighted by Crippen LogP contribution is -2.30. The molecule has 0 unspecified atom stereocenters. The number of aliphatic hydroxyl groups is 2. The maximum Gasteiger partial charge on any atom is 0.230 e. The highest BCUT2D eigenvalue weighted by molar-refractivity contribution is 8.13. The Morgan fingerprint density at radius 1 is 0.975 bits per heavy atom. The molecule has 1 fully saturated rings. The Morgan fingerprint density at radius 2 is 1.62 bits per heavy atom. The van der Waals surface area contributed by atoms with Gasteiger partial charge in [-0.25, -0.2) is 0 Å². The van der Waals surface area contributed by atoms with E-state index < -0.39 is 0 Å². The van der Waals surface area contributed by atoms with Crippen molar-refractivity contribution in [1.82, 2.24) is 15.5 Å². The summed E-state index contributed by atoms with van der Waals surface area (Å²) in [6.07, 6.45) is 4.64. The number of amides is 2. The molecule has 212 valence electrons. The van der Waals surface area contributed by atoms with E-state index in [0.717, 1.165) is 58.7 Å². The molecule has 2 amide bonds. The quantitative estimate of drug-likeness (QED) is 0.209. The van der Waals surface area contributed by atoms with Gasteiger partial charge in [0.05, 0.1) is 26.1 Å². The molecule has 3 aromatic rings. The van der Waals surface area contributed by atoms with Gasteiger partial charge in [-0.05, 0) is 47.4 Å². The molecule has 1 aliphatic rings. The van der Waals surface area contributed by atoms with E-state index in [1.54, 1.807) is 18.8 Å². The predicted molar refractivity (Wildman–Crippen MR) is 159 cm³/mol. The highest BCUT2D eigenvalue weighted by Gasteiger charge is 2.27. The molecule has 11 heteroatoms. The van der Waals surface area contributed by atoms with Crippen LogP contribution in [0.25, 0.3) is 0 Å². The van der Waals surface area contributed by atoms with Gasteiger partial charge in [0.25, 0.3) is 0 Å². The van der Waals surface area contributed by atoms with E-state index in [9.17, 15) is 19.8 Å². The molecule has 4 rings (SSSR count). The van der Waals surface area contributed by atoms with Crippen molar-refractivity contribution >= 4 is 45.2 Å². The molecule has 1 aliphatic carbocycles. The number of hydrogen-bond acceptors (Lipinski definition) is 9. The molecule has 40 heavy (non-hydrogen) atoms. The van der Waals surface area contributed by atoms with Crippen LogP contribution >= 0.6 is 23.1 Å². The average Bonchev–Trinajstić information content (AvgIpc) is 3.43. The van der Waals surface area contributed by atoms with Crippen molar-refractivity contribution in [3.63, 3.8) is 0 Å². The van der Waals surface area contributed by atoms with E-state index in [1.807, 2.05) is 48.5 Å². The van der Waals surface area contributed by atoms with Gasteiger partial charge in [-0.15, -0.1) is 10.2 Å². The normalized spacial score (nSPS) is 17.4. The first-order valence-corrected chi connectivity index (χ1v) is 15.2. The fraction of sp³-hybridized carbons (Fsp3) is 0.414. The van der Waals surface area contributed by atoms with Gasteiger partial charge in [-0.2, -0.15) is 0 Å². The van der Waals surface area contributed by atoms with Crippen molar-refractivity contribution < 1.29 is 19.8 Å². The lowest BCUT2D eigenvalue weighted by molar-refractivity contribution is -0.119. The van der Waals surface area contributed by atoms with E-state index >= 15 is 0 Å². The molecule has 0 saturated heterocycles. The van der Waals surface area contributed by atoms with Gasteiger partial charge < -0.3 is 20.8 Å². The SMILES string of the molecule is C/N=C(/NC(=O)Cc1cccc(CO)c1)SC[C@H]1CCC[C@H](c2nnc(NC(=O)Cc3cccc(CO)c3)s2)C1. The molecule has 1 aromatic heterocycles. The number of aliphatic imine (C=N–C) groups is 1. The van der Waals surface area contributed by atoms with Gasteiger partial charge in [0.1, 0.15) is 5.01 Å². The lowest BCUT2D eigenvalue weighted by atomic mass is 9.83. The van der Waals surface area contributed by atoms with Gasteiger partial charge in [0.2, 0.25) is 16.9 Å². The first kappa shape index (κ1) is 29.9. The van der Waals surface area contributed by atoms with Crippen LogP contribution in [0.5, 0.6) is 0 Å². The standard InChI is InChI=1S/C29H35N5O4S2/c1-30-28(31-25(37)14-19-5-2-7-21(11-19)16-35)39-18-23-9-4-10-24(13-23)27-33-34-29(40-27)32-26(38)15-20-6-3-8-22(12-20)17-36/h2-3,5-8,11-12,23-24,35-36H,4,9-10,13-18H2,1H3,(H,30,31,37)(H,32,34,38)/t23-,24-/m0/s1. The summed E-state index contributed by atoms with van der Waals surface area (Å²) in [5.41, 5.74) is 3.25. The molecule has 0 radical (unpaired) electrons. The highest BCUT2D eigenvalue weighted by Crippen LogP contribution is 2.39. The minimum atomic E-state index is -0.162. The van der Waals surface area contributed by atoms with Crippen molar-refractivity contribution in [1.29, 1.82) is 0 Å². The van der Waals surface area contributed by atoms with Crippen LogP contribution < -0.4 is 10.6 Å².